The van der Waals surface area contributed by atoms with E-state index in [4.69, 9.17) is 4.74 Å². The molecule has 3 aromatic rings. The van der Waals surface area contributed by atoms with Crippen molar-refractivity contribution in [3.05, 3.63) is 94.8 Å². The lowest BCUT2D eigenvalue weighted by Gasteiger charge is -2.29. The number of halogens is 10. The van der Waals surface area contributed by atoms with E-state index in [0.717, 1.165) is 17.0 Å². The standard InChI is InChI=1S/C25H19F10NO2/c26-21-8-7-18(24(30,31)32)10-16(21)12-36(13-22(37)25(33,34)35)19-5-2-6-20(11-19)38-14-15-3-1-4-17(9-15)23(27,28)29/h1-11,22,37H,12-14H2. The molecule has 0 aliphatic carbocycles. The molecule has 0 aliphatic rings. The van der Waals surface area contributed by atoms with Crippen LogP contribution in [0.2, 0.25) is 0 Å². The van der Waals surface area contributed by atoms with Gasteiger partial charge in [-0.1, -0.05) is 18.2 Å². The number of rotatable bonds is 8. The fourth-order valence-corrected chi connectivity index (χ4v) is 3.43. The van der Waals surface area contributed by atoms with Gasteiger partial charge >= 0.3 is 18.5 Å². The summed E-state index contributed by atoms with van der Waals surface area (Å²) in [6.45, 7) is -2.28. The van der Waals surface area contributed by atoms with Crippen molar-refractivity contribution in [1.82, 2.24) is 0 Å². The fourth-order valence-electron chi connectivity index (χ4n) is 3.43. The first-order valence-corrected chi connectivity index (χ1v) is 10.8. The molecule has 0 spiro atoms. The van der Waals surface area contributed by atoms with E-state index in [1.54, 1.807) is 0 Å². The van der Waals surface area contributed by atoms with Gasteiger partial charge in [0, 0.05) is 23.9 Å². The van der Waals surface area contributed by atoms with Crippen LogP contribution in [0.15, 0.2) is 66.7 Å². The van der Waals surface area contributed by atoms with Crippen molar-refractivity contribution in [2.24, 2.45) is 0 Å². The Balaban J connectivity index is 1.88. The number of ether oxygens (including phenoxy) is 1. The van der Waals surface area contributed by atoms with Gasteiger partial charge < -0.3 is 14.7 Å². The molecular formula is C25H19F10NO2. The van der Waals surface area contributed by atoms with Gasteiger partial charge in [0.1, 0.15) is 18.2 Å². The van der Waals surface area contributed by atoms with Crippen molar-refractivity contribution in [3.63, 3.8) is 0 Å². The zero-order valence-electron chi connectivity index (χ0n) is 19.1. The van der Waals surface area contributed by atoms with E-state index in [-0.39, 0.29) is 23.6 Å². The van der Waals surface area contributed by atoms with Crippen LogP contribution < -0.4 is 9.64 Å². The van der Waals surface area contributed by atoms with E-state index in [1.165, 1.54) is 36.4 Å². The largest absolute Gasteiger partial charge is 0.489 e. The number of hydrogen-bond acceptors (Lipinski definition) is 3. The number of anilines is 1. The lowest BCUT2D eigenvalue weighted by atomic mass is 10.1. The molecule has 0 radical (unpaired) electrons. The van der Waals surface area contributed by atoms with Crippen molar-refractivity contribution in [2.45, 2.75) is 37.8 Å². The van der Waals surface area contributed by atoms with Crippen molar-refractivity contribution in [1.29, 1.82) is 0 Å². The van der Waals surface area contributed by atoms with Gasteiger partial charge in [0.2, 0.25) is 0 Å². The highest BCUT2D eigenvalue weighted by molar-refractivity contribution is 5.52. The molecule has 0 bridgehead atoms. The van der Waals surface area contributed by atoms with Crippen LogP contribution in [-0.2, 0) is 25.5 Å². The minimum Gasteiger partial charge on any atom is -0.489 e. The normalized spacial score (nSPS) is 13.3. The van der Waals surface area contributed by atoms with E-state index in [2.05, 4.69) is 0 Å². The van der Waals surface area contributed by atoms with Gasteiger partial charge in [0.05, 0.1) is 17.7 Å². The average Bonchev–Trinajstić information content (AvgIpc) is 2.82. The van der Waals surface area contributed by atoms with Crippen LogP contribution in [0.1, 0.15) is 22.3 Å². The summed E-state index contributed by atoms with van der Waals surface area (Å²) in [7, 11) is 0. The Labute approximate surface area is 209 Å². The monoisotopic (exact) mass is 555 g/mol. The van der Waals surface area contributed by atoms with E-state index >= 15 is 0 Å². The first-order chi connectivity index (χ1) is 17.5. The van der Waals surface area contributed by atoms with Crippen molar-refractivity contribution < 1.29 is 53.7 Å². The van der Waals surface area contributed by atoms with Gasteiger partial charge in [0.25, 0.3) is 0 Å². The molecule has 1 N–H and O–H groups in total. The van der Waals surface area contributed by atoms with Crippen molar-refractivity contribution >= 4 is 5.69 Å². The van der Waals surface area contributed by atoms with Crippen LogP contribution in [0, 0.1) is 5.82 Å². The summed E-state index contributed by atoms with van der Waals surface area (Å²) < 4.78 is 137. The molecule has 0 fully saturated rings. The maximum Gasteiger partial charge on any atom is 0.416 e. The molecule has 206 valence electrons. The Hall–Kier alpha value is -3.48. The summed E-state index contributed by atoms with van der Waals surface area (Å²) in [6.07, 6.45) is -17.4. The molecule has 3 nitrogen and oxygen atoms in total. The maximum atomic E-state index is 14.3. The van der Waals surface area contributed by atoms with E-state index in [1.807, 2.05) is 0 Å². The number of benzene rings is 3. The first-order valence-electron chi connectivity index (χ1n) is 10.8. The number of alkyl halides is 9. The molecule has 3 aromatic carbocycles. The second kappa shape index (κ2) is 11.1. The lowest BCUT2D eigenvalue weighted by molar-refractivity contribution is -0.200. The number of aliphatic hydroxyl groups is 1. The summed E-state index contributed by atoms with van der Waals surface area (Å²) in [5.41, 5.74) is -2.65. The molecule has 0 saturated carbocycles. The van der Waals surface area contributed by atoms with Crippen molar-refractivity contribution in [2.75, 3.05) is 11.4 Å². The molecule has 0 heterocycles. The molecule has 1 atom stereocenters. The fraction of sp³-hybridized carbons (Fsp3) is 0.280. The van der Waals surface area contributed by atoms with Crippen LogP contribution >= 0.6 is 0 Å². The molecule has 0 aromatic heterocycles. The highest BCUT2D eigenvalue weighted by atomic mass is 19.4. The van der Waals surface area contributed by atoms with Crippen LogP contribution in [0.4, 0.5) is 49.6 Å². The van der Waals surface area contributed by atoms with Gasteiger partial charge in [-0.05, 0) is 48.0 Å². The Morgan fingerprint density at radius 3 is 2.03 bits per heavy atom. The average molecular weight is 555 g/mol. The van der Waals surface area contributed by atoms with Crippen molar-refractivity contribution in [3.8, 4) is 5.75 Å². The van der Waals surface area contributed by atoms with Crippen LogP contribution in [0.3, 0.4) is 0 Å². The van der Waals surface area contributed by atoms with E-state index in [0.29, 0.717) is 18.2 Å². The minimum absolute atomic E-state index is 0.00377. The zero-order chi connectivity index (χ0) is 28.3. The number of aliphatic hydroxyl groups excluding tert-OH is 1. The second-order valence-corrected chi connectivity index (χ2v) is 8.23. The third kappa shape index (κ3) is 7.76. The summed E-state index contributed by atoms with van der Waals surface area (Å²) in [5.74, 6) is -1.11. The maximum absolute atomic E-state index is 14.3. The Kier molecular flexibility index (Phi) is 8.49. The Morgan fingerprint density at radius 2 is 1.39 bits per heavy atom. The van der Waals surface area contributed by atoms with Gasteiger partial charge in [-0.25, -0.2) is 4.39 Å². The molecule has 0 amide bonds. The smallest absolute Gasteiger partial charge is 0.416 e. The molecule has 1 unspecified atom stereocenters. The summed E-state index contributed by atoms with van der Waals surface area (Å²) in [4.78, 5) is 0.813. The predicted molar refractivity (Wildman–Crippen MR) is 117 cm³/mol. The number of hydrogen-bond donors (Lipinski definition) is 1. The van der Waals surface area contributed by atoms with Crippen LogP contribution in [0.25, 0.3) is 0 Å². The van der Waals surface area contributed by atoms with Gasteiger partial charge in [-0.2, -0.15) is 39.5 Å². The highest BCUT2D eigenvalue weighted by Gasteiger charge is 2.39. The first kappa shape index (κ1) is 29.1. The van der Waals surface area contributed by atoms with Gasteiger partial charge in [-0.3, -0.25) is 0 Å². The lowest BCUT2D eigenvalue weighted by Crippen LogP contribution is -2.41. The Bertz CT molecular complexity index is 1240. The quantitative estimate of drug-likeness (QED) is 0.295. The van der Waals surface area contributed by atoms with Crippen LogP contribution in [0.5, 0.6) is 5.75 Å². The number of nitrogens with zero attached hydrogens (tertiary/aromatic N) is 1. The highest BCUT2D eigenvalue weighted by Crippen LogP contribution is 2.33. The van der Waals surface area contributed by atoms with Crippen LogP contribution in [-0.4, -0.2) is 23.9 Å². The topological polar surface area (TPSA) is 32.7 Å². The molecule has 3 rings (SSSR count). The van der Waals surface area contributed by atoms with E-state index in [9.17, 15) is 49.0 Å². The molecule has 0 aliphatic heterocycles. The SMILES string of the molecule is OC(CN(Cc1cc(C(F)(F)F)ccc1F)c1cccc(OCc2cccc(C(F)(F)F)c2)c1)C(F)(F)F. The third-order valence-electron chi connectivity index (χ3n) is 5.35. The Morgan fingerprint density at radius 1 is 0.763 bits per heavy atom. The molecule has 13 heteroatoms. The zero-order valence-corrected chi connectivity index (χ0v) is 19.1. The molecular weight excluding hydrogens is 536 g/mol. The summed E-state index contributed by atoms with van der Waals surface area (Å²) in [6, 6.07) is 10.8. The predicted octanol–water partition coefficient (Wildman–Crippen LogP) is 7.37. The molecule has 38 heavy (non-hydrogen) atoms. The summed E-state index contributed by atoms with van der Waals surface area (Å²) in [5, 5.41) is 9.60. The van der Waals surface area contributed by atoms with Gasteiger partial charge in [-0.15, -0.1) is 0 Å². The third-order valence-corrected chi connectivity index (χ3v) is 5.35. The second-order valence-electron chi connectivity index (χ2n) is 8.23. The van der Waals surface area contributed by atoms with E-state index < -0.39 is 60.2 Å². The molecule has 0 saturated heterocycles. The minimum atomic E-state index is -5.08. The van der Waals surface area contributed by atoms with Gasteiger partial charge in [0.15, 0.2) is 6.10 Å². The summed E-state index contributed by atoms with van der Waals surface area (Å²) >= 11 is 0.